The van der Waals surface area contributed by atoms with Crippen molar-refractivity contribution in [3.63, 3.8) is 0 Å². The average Bonchev–Trinajstić information content (AvgIpc) is 2.55. The molecule has 0 aromatic rings. The lowest BCUT2D eigenvalue weighted by atomic mass is 10.3. The van der Waals surface area contributed by atoms with Crippen molar-refractivity contribution in [3.8, 4) is 0 Å². The Hall–Kier alpha value is 0.260. The molecule has 0 bridgehead atoms. The van der Waals surface area contributed by atoms with Crippen molar-refractivity contribution >= 4 is 53.8 Å². The molecule has 0 atom stereocenters. The number of nitrogens with zero attached hydrogens (tertiary/aromatic N) is 1. The summed E-state index contributed by atoms with van der Waals surface area (Å²) in [6.07, 6.45) is 0. The third kappa shape index (κ3) is 9.98. The fourth-order valence-electron chi connectivity index (χ4n) is 1.81. The Bertz CT molecular complexity index is 331. The van der Waals surface area contributed by atoms with Crippen LogP contribution in [0.2, 0.25) is 0 Å². The van der Waals surface area contributed by atoms with Crippen molar-refractivity contribution in [2.75, 3.05) is 51.0 Å². The molecule has 1 aliphatic heterocycles. The van der Waals surface area contributed by atoms with Crippen LogP contribution in [0, 0.1) is 0 Å². The van der Waals surface area contributed by atoms with Crippen molar-refractivity contribution < 1.29 is 23.8 Å². The molecule has 0 unspecified atom stereocenters. The summed E-state index contributed by atoms with van der Waals surface area (Å²) in [7, 11) is 5.25. The highest BCUT2D eigenvalue weighted by atomic mass is 33.1. The van der Waals surface area contributed by atoms with Crippen molar-refractivity contribution in [3.05, 3.63) is 0 Å². The van der Waals surface area contributed by atoms with E-state index in [-0.39, 0.29) is 16.6 Å². The molecular weight excluding hydrogens is 378 g/mol. The molecular formula is C13H23NO5S4. The molecule has 0 aromatic carbocycles. The van der Waals surface area contributed by atoms with Gasteiger partial charge in [0.05, 0.1) is 26.4 Å². The molecule has 23 heavy (non-hydrogen) atoms. The van der Waals surface area contributed by atoms with Crippen LogP contribution in [-0.4, -0.2) is 72.6 Å². The molecule has 0 saturated carbocycles. The summed E-state index contributed by atoms with van der Waals surface area (Å²) in [5.74, 6) is 1.58. The standard InChI is InChI=1S/C13H23NO5S4/c1-3-18-12(15)22-20-9-11(14-5-7-17-8-6-14)10-21-23-13(16)19-4-2/h11H,3-10H2,1-2H3. The lowest BCUT2D eigenvalue weighted by Crippen LogP contribution is -2.45. The predicted octanol–water partition coefficient (Wildman–Crippen LogP) is 3.76. The van der Waals surface area contributed by atoms with Crippen molar-refractivity contribution in [1.29, 1.82) is 0 Å². The van der Waals surface area contributed by atoms with E-state index in [1.54, 1.807) is 13.8 Å². The van der Waals surface area contributed by atoms with Crippen LogP contribution in [-0.2, 0) is 14.2 Å². The maximum Gasteiger partial charge on any atom is 0.378 e. The Balaban J connectivity index is 2.35. The van der Waals surface area contributed by atoms with Crippen LogP contribution in [0.1, 0.15) is 13.8 Å². The Labute approximate surface area is 153 Å². The van der Waals surface area contributed by atoms with Crippen molar-refractivity contribution in [2.45, 2.75) is 19.9 Å². The highest BCUT2D eigenvalue weighted by molar-refractivity contribution is 8.82. The second-order valence-electron chi connectivity index (χ2n) is 4.40. The van der Waals surface area contributed by atoms with Gasteiger partial charge in [0.2, 0.25) is 0 Å². The maximum atomic E-state index is 11.4. The summed E-state index contributed by atoms with van der Waals surface area (Å²) >= 11 is 0. The summed E-state index contributed by atoms with van der Waals surface area (Å²) in [6, 6.07) is 0.276. The first-order valence-corrected chi connectivity index (χ1v) is 12.0. The summed E-state index contributed by atoms with van der Waals surface area (Å²) in [5.41, 5.74) is 0. The van der Waals surface area contributed by atoms with Crippen LogP contribution < -0.4 is 0 Å². The van der Waals surface area contributed by atoms with Gasteiger partial charge in [0, 0.05) is 52.2 Å². The van der Waals surface area contributed by atoms with E-state index < -0.39 is 0 Å². The summed E-state index contributed by atoms with van der Waals surface area (Å²) in [4.78, 5) is 25.1. The molecule has 0 aromatic heterocycles. The molecule has 0 aliphatic carbocycles. The number of hydrogen-bond donors (Lipinski definition) is 0. The fraction of sp³-hybridized carbons (Fsp3) is 0.846. The second kappa shape index (κ2) is 13.5. The van der Waals surface area contributed by atoms with E-state index in [1.165, 1.54) is 21.6 Å². The first-order valence-electron chi connectivity index (χ1n) is 7.41. The third-order valence-corrected chi connectivity index (χ3v) is 6.99. The molecule has 0 spiro atoms. The van der Waals surface area contributed by atoms with E-state index in [4.69, 9.17) is 14.2 Å². The van der Waals surface area contributed by atoms with Crippen molar-refractivity contribution in [2.24, 2.45) is 0 Å². The Morgan fingerprint density at radius 1 is 1.00 bits per heavy atom. The Kier molecular flexibility index (Phi) is 12.5. The van der Waals surface area contributed by atoms with Gasteiger partial charge in [-0.05, 0) is 13.8 Å². The number of carbonyl (C=O) groups is 2. The van der Waals surface area contributed by atoms with Gasteiger partial charge in [-0.3, -0.25) is 4.90 Å². The zero-order valence-corrected chi connectivity index (χ0v) is 16.6. The van der Waals surface area contributed by atoms with E-state index in [0.29, 0.717) is 13.2 Å². The van der Waals surface area contributed by atoms with Crippen LogP contribution in [0.3, 0.4) is 0 Å². The number of hydrogen-bond acceptors (Lipinski definition) is 10. The average molecular weight is 402 g/mol. The van der Waals surface area contributed by atoms with Crippen LogP contribution in [0.15, 0.2) is 0 Å². The SMILES string of the molecule is CCOC(=O)SSCC(CSSC(=O)OCC)N1CCOCC1. The molecule has 6 nitrogen and oxygen atoms in total. The molecule has 1 saturated heterocycles. The molecule has 1 fully saturated rings. The smallest absolute Gasteiger partial charge is 0.378 e. The minimum Gasteiger partial charge on any atom is -0.457 e. The highest BCUT2D eigenvalue weighted by Gasteiger charge is 2.22. The van der Waals surface area contributed by atoms with E-state index >= 15 is 0 Å². The van der Waals surface area contributed by atoms with Gasteiger partial charge in [0.1, 0.15) is 0 Å². The van der Waals surface area contributed by atoms with Gasteiger partial charge >= 0.3 is 10.6 Å². The van der Waals surface area contributed by atoms with Crippen molar-refractivity contribution in [1.82, 2.24) is 4.90 Å². The topological polar surface area (TPSA) is 65.1 Å². The van der Waals surface area contributed by atoms with Gasteiger partial charge in [-0.25, -0.2) is 9.59 Å². The van der Waals surface area contributed by atoms with Crippen LogP contribution in [0.25, 0.3) is 0 Å². The minimum atomic E-state index is -0.258. The maximum absolute atomic E-state index is 11.4. The summed E-state index contributed by atoms with van der Waals surface area (Å²) < 4.78 is 15.2. The third-order valence-electron chi connectivity index (χ3n) is 2.86. The van der Waals surface area contributed by atoms with E-state index in [9.17, 15) is 9.59 Å². The van der Waals surface area contributed by atoms with Gasteiger partial charge in [-0.2, -0.15) is 0 Å². The van der Waals surface area contributed by atoms with E-state index in [0.717, 1.165) is 59.4 Å². The number of rotatable bonds is 9. The zero-order chi connectivity index (χ0) is 16.9. The molecule has 134 valence electrons. The Morgan fingerprint density at radius 3 is 1.91 bits per heavy atom. The molecule has 0 N–H and O–H groups in total. The normalized spacial score (nSPS) is 15.6. The number of ether oxygens (including phenoxy) is 3. The molecule has 0 amide bonds. The van der Waals surface area contributed by atoms with Gasteiger partial charge in [0.25, 0.3) is 0 Å². The molecule has 1 heterocycles. The summed E-state index contributed by atoms with van der Waals surface area (Å²) in [5, 5.41) is -0.515. The first kappa shape index (κ1) is 21.3. The molecule has 0 radical (unpaired) electrons. The van der Waals surface area contributed by atoms with Gasteiger partial charge in [-0.15, -0.1) is 0 Å². The minimum absolute atomic E-state index is 0.258. The van der Waals surface area contributed by atoms with Crippen LogP contribution >= 0.6 is 43.2 Å². The van der Waals surface area contributed by atoms with E-state index in [2.05, 4.69) is 4.90 Å². The van der Waals surface area contributed by atoms with Crippen LogP contribution in [0.4, 0.5) is 9.59 Å². The fourth-order valence-corrected chi connectivity index (χ4v) is 5.80. The lowest BCUT2D eigenvalue weighted by molar-refractivity contribution is 0.0255. The highest BCUT2D eigenvalue weighted by Crippen LogP contribution is 2.30. The lowest BCUT2D eigenvalue weighted by Gasteiger charge is -2.33. The van der Waals surface area contributed by atoms with Gasteiger partial charge < -0.3 is 14.2 Å². The number of carbonyl (C=O) groups excluding carboxylic acids is 2. The Morgan fingerprint density at radius 2 is 1.48 bits per heavy atom. The van der Waals surface area contributed by atoms with Gasteiger partial charge in [-0.1, -0.05) is 21.6 Å². The quantitative estimate of drug-likeness (QED) is 0.421. The largest absolute Gasteiger partial charge is 0.457 e. The molecule has 10 heteroatoms. The number of morpholine rings is 1. The first-order chi connectivity index (χ1) is 11.2. The van der Waals surface area contributed by atoms with Crippen LogP contribution in [0.5, 0.6) is 0 Å². The van der Waals surface area contributed by atoms with E-state index in [1.807, 2.05) is 0 Å². The molecule has 1 rings (SSSR count). The molecule has 1 aliphatic rings. The summed E-state index contributed by atoms with van der Waals surface area (Å²) in [6.45, 7) is 7.58. The second-order valence-corrected chi connectivity index (χ2v) is 8.96. The predicted molar refractivity (Wildman–Crippen MR) is 100 cm³/mol. The monoisotopic (exact) mass is 401 g/mol. The van der Waals surface area contributed by atoms with Gasteiger partial charge in [0.15, 0.2) is 0 Å². The zero-order valence-electron chi connectivity index (χ0n) is 13.4.